The lowest BCUT2D eigenvalue weighted by Gasteiger charge is -2.24. The highest BCUT2D eigenvalue weighted by Crippen LogP contribution is 2.37. The fourth-order valence-electron chi connectivity index (χ4n) is 1.72. The maximum atomic E-state index is 12.9. The predicted molar refractivity (Wildman–Crippen MR) is 66.5 cm³/mol. The van der Waals surface area contributed by atoms with Crippen molar-refractivity contribution in [2.45, 2.75) is 13.1 Å². The van der Waals surface area contributed by atoms with Crippen LogP contribution in [0.15, 0.2) is 30.4 Å². The molecule has 0 aromatic heterocycles. The van der Waals surface area contributed by atoms with Gasteiger partial charge in [0.25, 0.3) is 0 Å². The number of carbonyl (C=O) groups is 1. The molecule has 0 heterocycles. The van der Waals surface area contributed by atoms with Crippen LogP contribution in [-0.2, 0) is 6.18 Å². The van der Waals surface area contributed by atoms with E-state index < -0.39 is 17.7 Å². The molecule has 0 radical (unpaired) electrons. The first-order valence-corrected chi connectivity index (χ1v) is 5.43. The molecule has 0 unspecified atom stereocenters. The summed E-state index contributed by atoms with van der Waals surface area (Å²) in [6.07, 6.45) is -4.61. The number of carboxylic acids is 1. The Morgan fingerprint density at radius 2 is 2.00 bits per heavy atom. The topological polar surface area (TPSA) is 40.5 Å². The van der Waals surface area contributed by atoms with Gasteiger partial charge in [0.05, 0.1) is 11.1 Å². The highest BCUT2D eigenvalue weighted by Gasteiger charge is 2.35. The molecule has 3 nitrogen and oxygen atoms in total. The maximum absolute atomic E-state index is 12.9. The van der Waals surface area contributed by atoms with Crippen molar-refractivity contribution in [3.63, 3.8) is 0 Å². The number of alkyl halides is 3. The van der Waals surface area contributed by atoms with E-state index >= 15 is 0 Å². The zero-order valence-electron chi connectivity index (χ0n) is 10.6. The van der Waals surface area contributed by atoms with Crippen LogP contribution in [0.25, 0.3) is 0 Å². The second kappa shape index (κ2) is 5.34. The maximum Gasteiger partial charge on any atom is 0.418 e. The molecule has 1 N–H and O–H groups in total. The molecule has 0 amide bonds. The number of benzene rings is 1. The molecule has 1 aromatic rings. The Labute approximate surface area is 109 Å². The van der Waals surface area contributed by atoms with Crippen LogP contribution < -0.4 is 4.90 Å². The van der Waals surface area contributed by atoms with Gasteiger partial charge in [0.1, 0.15) is 0 Å². The third-order valence-corrected chi connectivity index (χ3v) is 2.47. The summed E-state index contributed by atoms with van der Waals surface area (Å²) in [5.41, 5.74) is -0.714. The molecule has 0 fully saturated rings. The van der Waals surface area contributed by atoms with Crippen LogP contribution in [0.4, 0.5) is 18.9 Å². The largest absolute Gasteiger partial charge is 0.478 e. The molecule has 0 atom stereocenters. The number of likely N-dealkylation sites (N-methyl/N-ethyl adjacent to an activating group) is 1. The van der Waals surface area contributed by atoms with Gasteiger partial charge in [0, 0.05) is 19.3 Å². The number of anilines is 1. The summed E-state index contributed by atoms with van der Waals surface area (Å²) in [6, 6.07) is 2.96. The number of hydrogen-bond donors (Lipinski definition) is 1. The van der Waals surface area contributed by atoms with E-state index in [9.17, 15) is 18.0 Å². The standard InChI is InChI=1S/C13H14F3NO2/c1-8(2)7-17(3)11-5-4-9(12(18)19)6-10(11)13(14,15)16/h4-6H,1,7H2,2-3H3,(H,18,19). The summed E-state index contributed by atoms with van der Waals surface area (Å²) in [5.74, 6) is -1.39. The normalized spacial score (nSPS) is 11.2. The Balaban J connectivity index is 3.31. The van der Waals surface area contributed by atoms with Crippen LogP contribution in [0, 0.1) is 0 Å². The molecule has 6 heteroatoms. The molecule has 104 valence electrons. The van der Waals surface area contributed by atoms with E-state index in [0.717, 1.165) is 12.1 Å². The second-order valence-corrected chi connectivity index (χ2v) is 4.35. The van der Waals surface area contributed by atoms with Crippen LogP contribution in [0.1, 0.15) is 22.8 Å². The van der Waals surface area contributed by atoms with Crippen molar-refractivity contribution in [2.75, 3.05) is 18.5 Å². The zero-order valence-corrected chi connectivity index (χ0v) is 10.6. The van der Waals surface area contributed by atoms with Gasteiger partial charge in [-0.2, -0.15) is 13.2 Å². The monoisotopic (exact) mass is 273 g/mol. The van der Waals surface area contributed by atoms with Gasteiger partial charge in [0.2, 0.25) is 0 Å². The highest BCUT2D eigenvalue weighted by molar-refractivity contribution is 5.88. The van der Waals surface area contributed by atoms with E-state index in [1.54, 1.807) is 6.92 Å². The lowest BCUT2D eigenvalue weighted by Crippen LogP contribution is -2.23. The summed E-state index contributed by atoms with van der Waals surface area (Å²) < 4.78 is 38.8. The van der Waals surface area contributed by atoms with E-state index in [2.05, 4.69) is 6.58 Å². The molecule has 0 bridgehead atoms. The predicted octanol–water partition coefficient (Wildman–Crippen LogP) is 3.42. The molecule has 1 aromatic carbocycles. The third kappa shape index (κ3) is 3.74. The van der Waals surface area contributed by atoms with Crippen LogP contribution in [0.2, 0.25) is 0 Å². The summed E-state index contributed by atoms with van der Waals surface area (Å²) in [5, 5.41) is 8.75. The first-order valence-electron chi connectivity index (χ1n) is 5.43. The van der Waals surface area contributed by atoms with E-state index in [0.29, 0.717) is 11.6 Å². The molecule has 19 heavy (non-hydrogen) atoms. The summed E-state index contributed by atoms with van der Waals surface area (Å²) >= 11 is 0. The van der Waals surface area contributed by atoms with Gasteiger partial charge in [0.15, 0.2) is 0 Å². The fraction of sp³-hybridized carbons (Fsp3) is 0.308. The lowest BCUT2D eigenvalue weighted by atomic mass is 10.1. The molecule has 0 saturated heterocycles. The molecule has 1 rings (SSSR count). The van der Waals surface area contributed by atoms with Crippen LogP contribution >= 0.6 is 0 Å². The van der Waals surface area contributed by atoms with Gasteiger partial charge in [-0.15, -0.1) is 0 Å². The van der Waals surface area contributed by atoms with Crippen LogP contribution in [0.3, 0.4) is 0 Å². The van der Waals surface area contributed by atoms with Gasteiger partial charge < -0.3 is 10.0 Å². The molecular formula is C13H14F3NO2. The SMILES string of the molecule is C=C(C)CN(C)c1ccc(C(=O)O)cc1C(F)(F)F. The molecule has 0 aliphatic rings. The van der Waals surface area contributed by atoms with Gasteiger partial charge in [-0.1, -0.05) is 12.2 Å². The van der Waals surface area contributed by atoms with Crippen LogP contribution in [0.5, 0.6) is 0 Å². The van der Waals surface area contributed by atoms with Crippen molar-refractivity contribution in [3.05, 3.63) is 41.5 Å². The quantitative estimate of drug-likeness (QED) is 0.854. The molecule has 0 saturated carbocycles. The van der Waals surface area contributed by atoms with Gasteiger partial charge in [-0.05, 0) is 25.1 Å². The summed E-state index contributed by atoms with van der Waals surface area (Å²) in [7, 11) is 1.50. The lowest BCUT2D eigenvalue weighted by molar-refractivity contribution is -0.137. The number of rotatable bonds is 4. The van der Waals surface area contributed by atoms with Crippen molar-refractivity contribution in [1.29, 1.82) is 0 Å². The van der Waals surface area contributed by atoms with E-state index in [4.69, 9.17) is 5.11 Å². The Kier molecular flexibility index (Phi) is 4.24. The average molecular weight is 273 g/mol. The minimum Gasteiger partial charge on any atom is -0.478 e. The molecular weight excluding hydrogens is 259 g/mol. The van der Waals surface area contributed by atoms with Crippen molar-refractivity contribution in [1.82, 2.24) is 0 Å². The first-order chi connectivity index (χ1) is 8.62. The third-order valence-electron chi connectivity index (χ3n) is 2.47. The van der Waals surface area contributed by atoms with E-state index in [-0.39, 0.29) is 17.8 Å². The van der Waals surface area contributed by atoms with Gasteiger partial charge in [-0.25, -0.2) is 4.79 Å². The Hall–Kier alpha value is -1.98. The van der Waals surface area contributed by atoms with E-state index in [1.807, 2.05) is 0 Å². The minimum absolute atomic E-state index is 0.0690. The fourth-order valence-corrected chi connectivity index (χ4v) is 1.72. The van der Waals surface area contributed by atoms with E-state index in [1.165, 1.54) is 11.9 Å². The number of aromatic carboxylic acids is 1. The molecule has 0 aliphatic heterocycles. The average Bonchev–Trinajstić information content (AvgIpc) is 2.25. The van der Waals surface area contributed by atoms with Gasteiger partial charge >= 0.3 is 12.1 Å². The number of nitrogens with zero attached hydrogens (tertiary/aromatic N) is 1. The Morgan fingerprint density at radius 3 is 2.42 bits per heavy atom. The second-order valence-electron chi connectivity index (χ2n) is 4.35. The minimum atomic E-state index is -4.61. The first kappa shape index (κ1) is 15.1. The van der Waals surface area contributed by atoms with Crippen molar-refractivity contribution >= 4 is 11.7 Å². The van der Waals surface area contributed by atoms with Crippen molar-refractivity contribution in [3.8, 4) is 0 Å². The number of carboxylic acid groups (broad SMARTS) is 1. The van der Waals surface area contributed by atoms with Crippen LogP contribution in [-0.4, -0.2) is 24.7 Å². The number of halogens is 3. The smallest absolute Gasteiger partial charge is 0.418 e. The zero-order chi connectivity index (χ0) is 14.8. The number of hydrogen-bond acceptors (Lipinski definition) is 2. The molecule has 0 aliphatic carbocycles. The van der Waals surface area contributed by atoms with Crippen molar-refractivity contribution in [2.24, 2.45) is 0 Å². The molecule has 0 spiro atoms. The summed E-state index contributed by atoms with van der Waals surface area (Å²) in [6.45, 7) is 5.60. The highest BCUT2D eigenvalue weighted by atomic mass is 19.4. The Morgan fingerprint density at radius 1 is 1.42 bits per heavy atom. The van der Waals surface area contributed by atoms with Crippen molar-refractivity contribution < 1.29 is 23.1 Å². The van der Waals surface area contributed by atoms with Gasteiger partial charge in [-0.3, -0.25) is 0 Å². The Bertz CT molecular complexity index is 509. The summed E-state index contributed by atoms with van der Waals surface area (Å²) in [4.78, 5) is 12.1.